The fourth-order valence-corrected chi connectivity index (χ4v) is 2.94. The Morgan fingerprint density at radius 3 is 2.56 bits per heavy atom. The highest BCUT2D eigenvalue weighted by Gasteiger charge is 2.26. The first-order valence-corrected chi connectivity index (χ1v) is 8.81. The molecule has 140 valence electrons. The van der Waals surface area contributed by atoms with E-state index in [9.17, 15) is 14.4 Å². The van der Waals surface area contributed by atoms with Crippen LogP contribution >= 0.6 is 0 Å². The minimum absolute atomic E-state index is 0.0218. The van der Waals surface area contributed by atoms with E-state index in [1.807, 2.05) is 30.3 Å². The average Bonchev–Trinajstić information content (AvgIpc) is 2.70. The third-order valence-corrected chi connectivity index (χ3v) is 4.38. The minimum atomic E-state index is -0.302. The van der Waals surface area contributed by atoms with Crippen molar-refractivity contribution in [3.05, 3.63) is 60.2 Å². The smallest absolute Gasteiger partial charge is 0.244 e. The normalized spacial score (nSPS) is 14.1. The van der Waals surface area contributed by atoms with Crippen molar-refractivity contribution in [2.75, 3.05) is 23.3 Å². The van der Waals surface area contributed by atoms with Gasteiger partial charge in [0, 0.05) is 25.4 Å². The number of anilines is 2. The van der Waals surface area contributed by atoms with Crippen molar-refractivity contribution in [3.63, 3.8) is 0 Å². The highest BCUT2D eigenvalue weighted by atomic mass is 16.2. The zero-order chi connectivity index (χ0) is 19.2. The van der Waals surface area contributed by atoms with Crippen LogP contribution in [0.1, 0.15) is 24.4 Å². The molecule has 0 saturated heterocycles. The van der Waals surface area contributed by atoms with Gasteiger partial charge in [-0.25, -0.2) is 0 Å². The number of para-hydroxylation sites is 2. The zero-order valence-corrected chi connectivity index (χ0v) is 14.9. The molecule has 0 fully saturated rings. The summed E-state index contributed by atoms with van der Waals surface area (Å²) in [7, 11) is 0. The van der Waals surface area contributed by atoms with E-state index in [2.05, 4.69) is 10.6 Å². The fraction of sp³-hybridized carbons (Fsp3) is 0.250. The summed E-state index contributed by atoms with van der Waals surface area (Å²) in [5.74, 6) is -0.760. The van der Waals surface area contributed by atoms with Crippen molar-refractivity contribution in [1.82, 2.24) is 5.32 Å². The second kappa shape index (κ2) is 8.46. The Kier molecular flexibility index (Phi) is 5.83. The first kappa shape index (κ1) is 18.6. The van der Waals surface area contributed by atoms with Gasteiger partial charge in [0.05, 0.1) is 11.4 Å². The summed E-state index contributed by atoms with van der Waals surface area (Å²) in [6.45, 7) is 0.252. The number of hydrogen-bond acceptors (Lipinski definition) is 4. The molecule has 0 radical (unpaired) electrons. The molecule has 4 N–H and O–H groups in total. The number of fused-ring (bicyclic) bond motifs is 1. The van der Waals surface area contributed by atoms with Crippen molar-refractivity contribution in [2.45, 2.75) is 18.9 Å². The molecule has 1 atom stereocenters. The van der Waals surface area contributed by atoms with Gasteiger partial charge in [-0.1, -0.05) is 42.5 Å². The Balaban J connectivity index is 1.50. The van der Waals surface area contributed by atoms with Crippen LogP contribution in [0.15, 0.2) is 54.6 Å². The zero-order valence-electron chi connectivity index (χ0n) is 14.9. The Bertz CT molecular complexity index is 838. The molecule has 1 aliphatic rings. The maximum atomic E-state index is 12.5. The van der Waals surface area contributed by atoms with Crippen molar-refractivity contribution in [2.24, 2.45) is 5.73 Å². The minimum Gasteiger partial charge on any atom is -0.354 e. The van der Waals surface area contributed by atoms with Crippen LogP contribution in [0.2, 0.25) is 0 Å². The number of hydrogen-bond donors (Lipinski definition) is 3. The first-order valence-electron chi connectivity index (χ1n) is 8.81. The Hall–Kier alpha value is -3.19. The summed E-state index contributed by atoms with van der Waals surface area (Å²) in [6, 6.07) is 16.3. The van der Waals surface area contributed by atoms with Crippen LogP contribution in [0.25, 0.3) is 0 Å². The van der Waals surface area contributed by atoms with E-state index in [-0.39, 0.29) is 43.1 Å². The maximum absolute atomic E-state index is 12.5. The topological polar surface area (TPSA) is 105 Å². The van der Waals surface area contributed by atoms with Crippen LogP contribution in [0.3, 0.4) is 0 Å². The predicted octanol–water partition coefficient (Wildman–Crippen LogP) is 1.57. The summed E-state index contributed by atoms with van der Waals surface area (Å²) >= 11 is 0. The van der Waals surface area contributed by atoms with Gasteiger partial charge in [0.25, 0.3) is 0 Å². The number of nitrogens with two attached hydrogens (primary N) is 1. The number of benzene rings is 2. The highest BCUT2D eigenvalue weighted by molar-refractivity contribution is 6.10. The Labute approximate surface area is 157 Å². The highest BCUT2D eigenvalue weighted by Crippen LogP contribution is 2.29. The summed E-state index contributed by atoms with van der Waals surface area (Å²) in [6.07, 6.45) is 0.0641. The molecule has 0 aromatic heterocycles. The Morgan fingerprint density at radius 2 is 1.78 bits per heavy atom. The summed E-state index contributed by atoms with van der Waals surface area (Å²) in [5, 5.41) is 5.49. The lowest BCUT2D eigenvalue weighted by atomic mass is 10.1. The summed E-state index contributed by atoms with van der Waals surface area (Å²) in [4.78, 5) is 37.8. The molecule has 1 unspecified atom stereocenters. The fourth-order valence-electron chi connectivity index (χ4n) is 2.94. The van der Waals surface area contributed by atoms with Gasteiger partial charge in [-0.2, -0.15) is 0 Å². The average molecular weight is 366 g/mol. The van der Waals surface area contributed by atoms with Gasteiger partial charge in [0.2, 0.25) is 17.7 Å². The maximum Gasteiger partial charge on any atom is 0.244 e. The molecule has 0 spiro atoms. The van der Waals surface area contributed by atoms with E-state index < -0.39 is 0 Å². The van der Waals surface area contributed by atoms with Gasteiger partial charge in [-0.3, -0.25) is 14.4 Å². The monoisotopic (exact) mass is 366 g/mol. The van der Waals surface area contributed by atoms with Crippen LogP contribution in [0.5, 0.6) is 0 Å². The lowest BCUT2D eigenvalue weighted by Gasteiger charge is -2.29. The van der Waals surface area contributed by atoms with E-state index in [1.165, 1.54) is 4.90 Å². The molecule has 1 aliphatic heterocycles. The van der Waals surface area contributed by atoms with Crippen molar-refractivity contribution in [3.8, 4) is 0 Å². The van der Waals surface area contributed by atoms with Gasteiger partial charge < -0.3 is 21.3 Å². The van der Waals surface area contributed by atoms with Crippen LogP contribution in [0, 0.1) is 0 Å². The van der Waals surface area contributed by atoms with E-state index in [4.69, 9.17) is 5.73 Å². The lowest BCUT2D eigenvalue weighted by molar-refractivity contribution is -0.125. The molecule has 1 heterocycles. The molecule has 2 aromatic rings. The quantitative estimate of drug-likeness (QED) is 0.722. The standard InChI is InChI=1S/C20H22N4O3/c21-15(14-6-2-1-3-7-14)12-22-18(25)10-11-20(27)24-13-19(26)23-16-8-4-5-9-17(16)24/h1-9,15H,10-13,21H2,(H,22,25)(H,23,26). The Morgan fingerprint density at radius 1 is 1.07 bits per heavy atom. The predicted molar refractivity (Wildman–Crippen MR) is 103 cm³/mol. The van der Waals surface area contributed by atoms with Crippen LogP contribution < -0.4 is 21.3 Å². The summed E-state index contributed by atoms with van der Waals surface area (Å²) in [5.41, 5.74) is 8.23. The molecular weight excluding hydrogens is 344 g/mol. The third-order valence-electron chi connectivity index (χ3n) is 4.38. The number of carbonyl (C=O) groups is 3. The number of rotatable bonds is 6. The van der Waals surface area contributed by atoms with Crippen LogP contribution in [-0.2, 0) is 14.4 Å². The first-order chi connectivity index (χ1) is 13.0. The van der Waals surface area contributed by atoms with E-state index in [0.29, 0.717) is 17.9 Å². The van der Waals surface area contributed by atoms with Crippen molar-refractivity contribution in [1.29, 1.82) is 0 Å². The lowest BCUT2D eigenvalue weighted by Crippen LogP contribution is -2.42. The van der Waals surface area contributed by atoms with Crippen LogP contribution in [-0.4, -0.2) is 30.8 Å². The largest absolute Gasteiger partial charge is 0.354 e. The molecule has 3 amide bonds. The summed E-state index contributed by atoms with van der Waals surface area (Å²) < 4.78 is 0. The third kappa shape index (κ3) is 4.71. The second-order valence-corrected chi connectivity index (χ2v) is 6.37. The van der Waals surface area contributed by atoms with Crippen molar-refractivity contribution < 1.29 is 14.4 Å². The number of carbonyl (C=O) groups excluding carboxylic acids is 3. The SMILES string of the molecule is NC(CNC(=O)CCC(=O)N1CC(=O)Nc2ccccc21)c1ccccc1. The molecule has 3 rings (SSSR count). The molecule has 0 saturated carbocycles. The van der Waals surface area contributed by atoms with E-state index >= 15 is 0 Å². The van der Waals surface area contributed by atoms with Crippen LogP contribution in [0.4, 0.5) is 11.4 Å². The number of nitrogens with one attached hydrogen (secondary N) is 2. The number of nitrogens with zero attached hydrogens (tertiary/aromatic N) is 1. The molecule has 7 nitrogen and oxygen atoms in total. The van der Waals surface area contributed by atoms with Gasteiger partial charge in [0.1, 0.15) is 6.54 Å². The molecular formula is C20H22N4O3. The molecule has 7 heteroatoms. The van der Waals surface area contributed by atoms with E-state index in [1.54, 1.807) is 24.3 Å². The second-order valence-electron chi connectivity index (χ2n) is 6.37. The molecule has 0 bridgehead atoms. The number of amides is 3. The van der Waals surface area contributed by atoms with Gasteiger partial charge in [-0.15, -0.1) is 0 Å². The van der Waals surface area contributed by atoms with Gasteiger partial charge in [-0.05, 0) is 17.7 Å². The van der Waals surface area contributed by atoms with E-state index in [0.717, 1.165) is 5.56 Å². The van der Waals surface area contributed by atoms with Crippen molar-refractivity contribution >= 4 is 29.1 Å². The van der Waals surface area contributed by atoms with Gasteiger partial charge in [0.15, 0.2) is 0 Å². The van der Waals surface area contributed by atoms with Gasteiger partial charge >= 0.3 is 0 Å². The molecule has 2 aromatic carbocycles. The molecule has 0 aliphatic carbocycles. The molecule has 27 heavy (non-hydrogen) atoms.